The highest BCUT2D eigenvalue weighted by Crippen LogP contribution is 1.97. The maximum Gasteiger partial charge on any atom is 0.305 e. The molecule has 6 nitrogen and oxygen atoms in total. The van der Waals surface area contributed by atoms with Crippen LogP contribution in [0.2, 0.25) is 0 Å². The normalized spacial score (nSPS) is 14.3. The third-order valence-corrected chi connectivity index (χ3v) is 1.92. The molecule has 15 heavy (non-hydrogen) atoms. The lowest BCUT2D eigenvalue weighted by atomic mass is 10.1. The van der Waals surface area contributed by atoms with Crippen molar-refractivity contribution >= 4 is 11.9 Å². The lowest BCUT2D eigenvalue weighted by Crippen LogP contribution is -2.45. The van der Waals surface area contributed by atoms with Crippen LogP contribution >= 0.6 is 0 Å². The van der Waals surface area contributed by atoms with E-state index in [1.807, 2.05) is 0 Å². The molecule has 0 spiro atoms. The maximum atomic E-state index is 11.3. The summed E-state index contributed by atoms with van der Waals surface area (Å²) in [7, 11) is 0. The molecule has 0 saturated carbocycles. The van der Waals surface area contributed by atoms with E-state index >= 15 is 0 Å². The van der Waals surface area contributed by atoms with Crippen molar-refractivity contribution in [2.45, 2.75) is 38.3 Å². The maximum absolute atomic E-state index is 11.3. The molecule has 5 N–H and O–H groups in total. The highest BCUT2D eigenvalue weighted by molar-refractivity contribution is 5.86. The van der Waals surface area contributed by atoms with Gasteiger partial charge in [0.1, 0.15) is 0 Å². The molecule has 0 radical (unpaired) electrons. The second kappa shape index (κ2) is 7.19. The van der Waals surface area contributed by atoms with Crippen molar-refractivity contribution in [2.75, 3.05) is 6.61 Å². The molecule has 0 saturated heterocycles. The molecule has 6 heteroatoms. The van der Waals surface area contributed by atoms with Gasteiger partial charge < -0.3 is 21.3 Å². The SMILES string of the molecule is CC(CCCO)NC(=O)C(N)CC(=O)O. The molecule has 2 atom stereocenters. The molecule has 0 aromatic carbocycles. The first-order chi connectivity index (χ1) is 6.97. The zero-order valence-corrected chi connectivity index (χ0v) is 8.77. The highest BCUT2D eigenvalue weighted by Gasteiger charge is 2.18. The molecule has 1 amide bonds. The van der Waals surface area contributed by atoms with Gasteiger partial charge in [0.05, 0.1) is 12.5 Å². The summed E-state index contributed by atoms with van der Waals surface area (Å²) in [5, 5.41) is 19.6. The second-order valence-corrected chi connectivity index (χ2v) is 3.48. The molecular weight excluding hydrogens is 200 g/mol. The molecule has 0 aliphatic heterocycles. The van der Waals surface area contributed by atoms with Crippen LogP contribution in [0.4, 0.5) is 0 Å². The topological polar surface area (TPSA) is 113 Å². The zero-order chi connectivity index (χ0) is 11.8. The van der Waals surface area contributed by atoms with Gasteiger partial charge in [-0.15, -0.1) is 0 Å². The Morgan fingerprint density at radius 1 is 1.47 bits per heavy atom. The largest absolute Gasteiger partial charge is 0.481 e. The van der Waals surface area contributed by atoms with Crippen LogP contribution in [0, 0.1) is 0 Å². The first kappa shape index (κ1) is 13.9. The van der Waals surface area contributed by atoms with Crippen molar-refractivity contribution in [3.63, 3.8) is 0 Å². The van der Waals surface area contributed by atoms with Gasteiger partial charge in [0.15, 0.2) is 0 Å². The fraction of sp³-hybridized carbons (Fsp3) is 0.778. The average molecular weight is 218 g/mol. The summed E-state index contributed by atoms with van der Waals surface area (Å²) in [4.78, 5) is 21.6. The number of nitrogens with two attached hydrogens (primary N) is 1. The van der Waals surface area contributed by atoms with Crippen molar-refractivity contribution in [2.24, 2.45) is 5.73 Å². The molecule has 0 aromatic rings. The molecule has 0 heterocycles. The lowest BCUT2D eigenvalue weighted by Gasteiger charge is -2.16. The van der Waals surface area contributed by atoms with Crippen molar-refractivity contribution in [1.82, 2.24) is 5.32 Å². The van der Waals surface area contributed by atoms with Gasteiger partial charge in [0.25, 0.3) is 0 Å². The number of amides is 1. The lowest BCUT2D eigenvalue weighted by molar-refractivity contribution is -0.139. The minimum atomic E-state index is -1.10. The molecule has 0 fully saturated rings. The van der Waals surface area contributed by atoms with E-state index < -0.39 is 17.9 Å². The van der Waals surface area contributed by atoms with E-state index in [-0.39, 0.29) is 19.1 Å². The summed E-state index contributed by atoms with van der Waals surface area (Å²) >= 11 is 0. The third-order valence-electron chi connectivity index (χ3n) is 1.92. The number of nitrogens with one attached hydrogen (secondary N) is 1. The molecule has 0 aliphatic rings. The standard InChI is InChI=1S/C9H18N2O4/c1-6(3-2-4-12)11-9(15)7(10)5-8(13)14/h6-7,12H,2-5,10H2,1H3,(H,11,15)(H,13,14). The van der Waals surface area contributed by atoms with Crippen LogP contribution in [-0.4, -0.2) is 40.8 Å². The average Bonchev–Trinajstić information content (AvgIpc) is 2.13. The Morgan fingerprint density at radius 3 is 2.53 bits per heavy atom. The zero-order valence-electron chi connectivity index (χ0n) is 8.77. The van der Waals surface area contributed by atoms with Gasteiger partial charge in [-0.3, -0.25) is 9.59 Å². The number of carboxylic acid groups (broad SMARTS) is 1. The van der Waals surface area contributed by atoms with E-state index in [1.54, 1.807) is 6.92 Å². The fourth-order valence-electron chi connectivity index (χ4n) is 1.10. The van der Waals surface area contributed by atoms with E-state index in [1.165, 1.54) is 0 Å². The predicted octanol–water partition coefficient (Wildman–Crippen LogP) is -0.934. The van der Waals surface area contributed by atoms with E-state index in [0.717, 1.165) is 0 Å². The van der Waals surface area contributed by atoms with E-state index in [2.05, 4.69) is 5.32 Å². The number of carboxylic acids is 1. The highest BCUT2D eigenvalue weighted by atomic mass is 16.4. The van der Waals surface area contributed by atoms with Gasteiger partial charge in [-0.2, -0.15) is 0 Å². The van der Waals surface area contributed by atoms with Crippen molar-refractivity contribution in [3.8, 4) is 0 Å². The Bertz CT molecular complexity index is 220. The first-order valence-corrected chi connectivity index (χ1v) is 4.86. The summed E-state index contributed by atoms with van der Waals surface area (Å²) in [6.07, 6.45) is 0.857. The van der Waals surface area contributed by atoms with Gasteiger partial charge >= 0.3 is 5.97 Å². The molecular formula is C9H18N2O4. The van der Waals surface area contributed by atoms with Gasteiger partial charge in [-0.25, -0.2) is 0 Å². The number of hydrogen-bond acceptors (Lipinski definition) is 4. The quantitative estimate of drug-likeness (QED) is 0.441. The van der Waals surface area contributed by atoms with E-state index in [9.17, 15) is 9.59 Å². The smallest absolute Gasteiger partial charge is 0.305 e. The van der Waals surface area contributed by atoms with Gasteiger partial charge in [0, 0.05) is 12.6 Å². The van der Waals surface area contributed by atoms with Gasteiger partial charge in [-0.05, 0) is 19.8 Å². The summed E-state index contributed by atoms with van der Waals surface area (Å²) in [5.74, 6) is -1.57. The van der Waals surface area contributed by atoms with Crippen molar-refractivity contribution < 1.29 is 19.8 Å². The fourth-order valence-corrected chi connectivity index (χ4v) is 1.10. The minimum Gasteiger partial charge on any atom is -0.481 e. The molecule has 0 aromatic heterocycles. The third kappa shape index (κ3) is 6.87. The first-order valence-electron chi connectivity index (χ1n) is 4.86. The van der Waals surface area contributed by atoms with Crippen molar-refractivity contribution in [3.05, 3.63) is 0 Å². The van der Waals surface area contributed by atoms with Crippen LogP contribution in [-0.2, 0) is 9.59 Å². The Morgan fingerprint density at radius 2 is 2.07 bits per heavy atom. The van der Waals surface area contributed by atoms with Crippen LogP contribution < -0.4 is 11.1 Å². The number of carbonyl (C=O) groups is 2. The molecule has 0 rings (SSSR count). The monoisotopic (exact) mass is 218 g/mol. The molecule has 0 aliphatic carbocycles. The summed E-state index contributed by atoms with van der Waals surface area (Å²) in [5.41, 5.74) is 5.35. The molecule has 0 bridgehead atoms. The summed E-state index contributed by atoms with van der Waals surface area (Å²) < 4.78 is 0. The number of carbonyl (C=O) groups excluding carboxylic acids is 1. The molecule has 2 unspecified atom stereocenters. The number of aliphatic hydroxyl groups is 1. The second-order valence-electron chi connectivity index (χ2n) is 3.48. The minimum absolute atomic E-state index is 0.0708. The number of aliphatic carboxylic acids is 1. The molecule has 88 valence electrons. The van der Waals surface area contributed by atoms with E-state index in [0.29, 0.717) is 12.8 Å². The van der Waals surface area contributed by atoms with Crippen LogP contribution in [0.15, 0.2) is 0 Å². The predicted molar refractivity (Wildman–Crippen MR) is 54.2 cm³/mol. The Hall–Kier alpha value is -1.14. The Balaban J connectivity index is 3.85. The Kier molecular flexibility index (Phi) is 6.64. The van der Waals surface area contributed by atoms with Crippen LogP contribution in [0.3, 0.4) is 0 Å². The van der Waals surface area contributed by atoms with Crippen molar-refractivity contribution in [1.29, 1.82) is 0 Å². The summed E-state index contributed by atoms with van der Waals surface area (Å²) in [6, 6.07) is -1.12. The van der Waals surface area contributed by atoms with Crippen LogP contribution in [0.5, 0.6) is 0 Å². The van der Waals surface area contributed by atoms with E-state index in [4.69, 9.17) is 15.9 Å². The Labute approximate surface area is 88.5 Å². The van der Waals surface area contributed by atoms with Gasteiger partial charge in [0.2, 0.25) is 5.91 Å². The number of rotatable bonds is 7. The number of hydrogen-bond donors (Lipinski definition) is 4. The van der Waals surface area contributed by atoms with Gasteiger partial charge in [-0.1, -0.05) is 0 Å². The number of aliphatic hydroxyl groups excluding tert-OH is 1. The van der Waals surface area contributed by atoms with Crippen LogP contribution in [0.25, 0.3) is 0 Å². The van der Waals surface area contributed by atoms with Crippen LogP contribution in [0.1, 0.15) is 26.2 Å². The summed E-state index contributed by atoms with van der Waals surface area (Å²) in [6.45, 7) is 1.85.